The van der Waals surface area contributed by atoms with E-state index in [1.54, 1.807) is 14.0 Å². The van der Waals surface area contributed by atoms with Crippen LogP contribution in [0.2, 0.25) is 0 Å². The maximum Gasteiger partial charge on any atom is 0.321 e. The summed E-state index contributed by atoms with van der Waals surface area (Å²) in [6.07, 6.45) is 0. The molecule has 2 rings (SSSR count). The number of carbonyl (C=O) groups is 2. The Balaban J connectivity index is 2.24. The highest BCUT2D eigenvalue weighted by Crippen LogP contribution is 2.29. The maximum absolute atomic E-state index is 12.9. The van der Waals surface area contributed by atoms with Gasteiger partial charge in [0.15, 0.2) is 11.5 Å². The van der Waals surface area contributed by atoms with Gasteiger partial charge < -0.3 is 14.8 Å². The molecule has 1 atom stereocenters. The molecule has 156 valence electrons. The van der Waals surface area contributed by atoms with Crippen molar-refractivity contribution in [2.45, 2.75) is 26.4 Å². The first-order valence-corrected chi connectivity index (χ1v) is 9.63. The van der Waals surface area contributed by atoms with Gasteiger partial charge in [-0.05, 0) is 44.2 Å². The minimum absolute atomic E-state index is 0.387. The molecule has 0 radical (unpaired) electrons. The van der Waals surface area contributed by atoms with Crippen molar-refractivity contribution in [2.24, 2.45) is 0 Å². The molecule has 7 heteroatoms. The van der Waals surface area contributed by atoms with Crippen molar-refractivity contribution in [3.63, 3.8) is 0 Å². The van der Waals surface area contributed by atoms with Gasteiger partial charge >= 0.3 is 6.03 Å². The molecule has 2 aromatic rings. The van der Waals surface area contributed by atoms with Crippen molar-refractivity contribution in [3.05, 3.63) is 59.7 Å². The summed E-state index contributed by atoms with van der Waals surface area (Å²) in [4.78, 5) is 26.6. The minimum atomic E-state index is -0.628. The molecule has 0 aliphatic rings. The number of hydrogen-bond donors (Lipinski definition) is 2. The van der Waals surface area contributed by atoms with Gasteiger partial charge in [-0.1, -0.05) is 36.4 Å². The van der Waals surface area contributed by atoms with Crippen molar-refractivity contribution in [1.82, 2.24) is 15.5 Å². The fourth-order valence-electron chi connectivity index (χ4n) is 3.09. The molecule has 0 aliphatic carbocycles. The first-order valence-electron chi connectivity index (χ1n) is 9.63. The third-order valence-corrected chi connectivity index (χ3v) is 4.34. The van der Waals surface area contributed by atoms with E-state index in [1.807, 2.05) is 67.4 Å². The summed E-state index contributed by atoms with van der Waals surface area (Å²) in [6.45, 7) is 5.18. The summed E-state index contributed by atoms with van der Waals surface area (Å²) in [7, 11) is 3.44. The highest BCUT2D eigenvalue weighted by Gasteiger charge is 2.26. The number of amides is 3. The second-order valence-electron chi connectivity index (χ2n) is 6.50. The Morgan fingerprint density at radius 1 is 1.07 bits per heavy atom. The molecular weight excluding hydrogens is 370 g/mol. The molecule has 0 spiro atoms. The Hall–Kier alpha value is -3.06. The lowest BCUT2D eigenvalue weighted by molar-refractivity contribution is -0.125. The Kier molecular flexibility index (Phi) is 8.48. The Morgan fingerprint density at radius 2 is 1.79 bits per heavy atom. The second-order valence-corrected chi connectivity index (χ2v) is 6.50. The number of imide groups is 1. The first-order chi connectivity index (χ1) is 14.0. The second kappa shape index (κ2) is 11.1. The van der Waals surface area contributed by atoms with E-state index < -0.39 is 12.1 Å². The van der Waals surface area contributed by atoms with Gasteiger partial charge in [0.1, 0.15) is 6.04 Å². The van der Waals surface area contributed by atoms with E-state index >= 15 is 0 Å². The molecule has 29 heavy (non-hydrogen) atoms. The summed E-state index contributed by atoms with van der Waals surface area (Å²) in [6, 6.07) is 13.9. The molecule has 0 saturated heterocycles. The molecule has 2 aromatic carbocycles. The van der Waals surface area contributed by atoms with E-state index in [0.717, 1.165) is 11.1 Å². The molecule has 0 saturated carbocycles. The zero-order valence-corrected chi connectivity index (χ0v) is 17.4. The molecule has 0 unspecified atom stereocenters. The van der Waals surface area contributed by atoms with Gasteiger partial charge in [0.2, 0.25) is 5.91 Å². The molecule has 0 fully saturated rings. The van der Waals surface area contributed by atoms with Crippen molar-refractivity contribution in [3.8, 4) is 11.5 Å². The molecular formula is C22H29N3O4. The van der Waals surface area contributed by atoms with Crippen LogP contribution in [0, 0.1) is 0 Å². The maximum atomic E-state index is 12.9. The number of ether oxygens (including phenoxy) is 2. The van der Waals surface area contributed by atoms with E-state index in [0.29, 0.717) is 31.2 Å². The van der Waals surface area contributed by atoms with Crippen LogP contribution in [-0.2, 0) is 11.3 Å². The third kappa shape index (κ3) is 6.22. The van der Waals surface area contributed by atoms with E-state index in [-0.39, 0.29) is 5.91 Å². The largest absolute Gasteiger partial charge is 0.493 e. The van der Waals surface area contributed by atoms with Gasteiger partial charge in [-0.25, -0.2) is 4.79 Å². The van der Waals surface area contributed by atoms with Crippen LogP contribution in [0.3, 0.4) is 0 Å². The fourth-order valence-corrected chi connectivity index (χ4v) is 3.09. The zero-order valence-electron chi connectivity index (χ0n) is 17.4. The number of nitrogens with zero attached hydrogens (tertiary/aromatic N) is 1. The standard InChI is InChI=1S/C22H29N3O4/c1-5-23-22(27)24-21(26)20(17-10-8-7-9-11-17)25(3)15-16-12-13-18(29-6-2)19(14-16)28-4/h7-14,20H,5-6,15H2,1-4H3,(H2,23,24,26,27)/t20-/m1/s1. The molecule has 7 nitrogen and oxygen atoms in total. The fraction of sp³-hybridized carbons (Fsp3) is 0.364. The zero-order chi connectivity index (χ0) is 21.2. The lowest BCUT2D eigenvalue weighted by Crippen LogP contribution is -2.45. The molecule has 0 aromatic heterocycles. The summed E-state index contributed by atoms with van der Waals surface area (Å²) < 4.78 is 11.0. The van der Waals surface area contributed by atoms with Crippen LogP contribution >= 0.6 is 0 Å². The molecule has 0 bridgehead atoms. The van der Waals surface area contributed by atoms with Crippen molar-refractivity contribution < 1.29 is 19.1 Å². The highest BCUT2D eigenvalue weighted by atomic mass is 16.5. The summed E-state index contributed by atoms with van der Waals surface area (Å²) in [5.41, 5.74) is 1.76. The van der Waals surface area contributed by atoms with Crippen molar-refractivity contribution >= 4 is 11.9 Å². The Labute approximate surface area is 172 Å². The SMILES string of the molecule is CCNC(=O)NC(=O)[C@@H](c1ccccc1)N(C)Cc1ccc(OCC)c(OC)c1. The van der Waals surface area contributed by atoms with Crippen molar-refractivity contribution in [2.75, 3.05) is 27.3 Å². The van der Waals surface area contributed by atoms with Crippen LogP contribution in [0.15, 0.2) is 48.5 Å². The van der Waals surface area contributed by atoms with Gasteiger partial charge in [0.05, 0.1) is 13.7 Å². The van der Waals surface area contributed by atoms with Crippen LogP contribution in [0.1, 0.15) is 31.0 Å². The van der Waals surface area contributed by atoms with Crippen LogP contribution in [0.4, 0.5) is 4.79 Å². The van der Waals surface area contributed by atoms with Gasteiger partial charge in [-0.3, -0.25) is 15.0 Å². The molecule has 2 N–H and O–H groups in total. The number of methoxy groups -OCH3 is 1. The van der Waals surface area contributed by atoms with Crippen molar-refractivity contribution in [1.29, 1.82) is 0 Å². The number of carbonyl (C=O) groups excluding carboxylic acids is 2. The number of nitrogens with one attached hydrogen (secondary N) is 2. The first kappa shape index (κ1) is 22.2. The Morgan fingerprint density at radius 3 is 2.41 bits per heavy atom. The van der Waals surface area contributed by atoms with Crippen LogP contribution in [0.5, 0.6) is 11.5 Å². The van der Waals surface area contributed by atoms with Crippen LogP contribution in [0.25, 0.3) is 0 Å². The molecule has 0 aliphatic heterocycles. The third-order valence-electron chi connectivity index (χ3n) is 4.34. The summed E-state index contributed by atoms with van der Waals surface area (Å²) >= 11 is 0. The van der Waals surface area contributed by atoms with Gasteiger partial charge in [-0.2, -0.15) is 0 Å². The van der Waals surface area contributed by atoms with Crippen LogP contribution < -0.4 is 20.1 Å². The monoisotopic (exact) mass is 399 g/mol. The molecule has 0 heterocycles. The van der Waals surface area contributed by atoms with Crippen LogP contribution in [-0.4, -0.2) is 44.1 Å². The van der Waals surface area contributed by atoms with Gasteiger partial charge in [0.25, 0.3) is 0 Å². The van der Waals surface area contributed by atoms with E-state index in [2.05, 4.69) is 10.6 Å². The minimum Gasteiger partial charge on any atom is -0.493 e. The number of rotatable bonds is 9. The quantitative estimate of drug-likeness (QED) is 0.677. The smallest absolute Gasteiger partial charge is 0.321 e. The van der Waals surface area contributed by atoms with Gasteiger partial charge in [0, 0.05) is 13.1 Å². The average molecular weight is 399 g/mol. The topological polar surface area (TPSA) is 79.9 Å². The lowest BCUT2D eigenvalue weighted by atomic mass is 10.0. The number of hydrogen-bond acceptors (Lipinski definition) is 5. The number of likely N-dealkylation sites (N-methyl/N-ethyl adjacent to an activating group) is 1. The van der Waals surface area contributed by atoms with E-state index in [9.17, 15) is 9.59 Å². The summed E-state index contributed by atoms with van der Waals surface area (Å²) in [5, 5.41) is 5.00. The van der Waals surface area contributed by atoms with Gasteiger partial charge in [-0.15, -0.1) is 0 Å². The Bertz CT molecular complexity index is 811. The number of urea groups is 1. The normalized spacial score (nSPS) is 11.6. The highest BCUT2D eigenvalue weighted by molar-refractivity contribution is 5.97. The van der Waals surface area contributed by atoms with E-state index in [4.69, 9.17) is 9.47 Å². The number of benzene rings is 2. The van der Waals surface area contributed by atoms with E-state index in [1.165, 1.54) is 0 Å². The summed E-state index contributed by atoms with van der Waals surface area (Å²) in [5.74, 6) is 0.929. The predicted octanol–water partition coefficient (Wildman–Crippen LogP) is 3.11. The molecule has 3 amide bonds. The average Bonchev–Trinajstić information content (AvgIpc) is 2.70. The lowest BCUT2D eigenvalue weighted by Gasteiger charge is -2.27. The predicted molar refractivity (Wildman–Crippen MR) is 112 cm³/mol.